The lowest BCUT2D eigenvalue weighted by Gasteiger charge is -2.06. The SMILES string of the molecule is COc1ccc(Cn2cc(Sc3nc4c(N)ncnc4[nH]3)c3cc(Br)cnc32)cc1. The van der Waals surface area contributed by atoms with Crippen molar-refractivity contribution in [1.29, 1.82) is 0 Å². The smallest absolute Gasteiger partial charge is 0.172 e. The summed E-state index contributed by atoms with van der Waals surface area (Å²) in [6, 6.07) is 10.1. The molecule has 0 fully saturated rings. The van der Waals surface area contributed by atoms with E-state index < -0.39 is 0 Å². The third kappa shape index (κ3) is 3.48. The maximum absolute atomic E-state index is 5.91. The molecule has 0 radical (unpaired) electrons. The molecule has 0 aliphatic carbocycles. The van der Waals surface area contributed by atoms with E-state index in [4.69, 9.17) is 10.5 Å². The molecule has 4 heterocycles. The number of methoxy groups -OCH3 is 1. The Labute approximate surface area is 184 Å². The van der Waals surface area contributed by atoms with Crippen LogP contribution in [0.1, 0.15) is 5.56 Å². The summed E-state index contributed by atoms with van der Waals surface area (Å²) in [4.78, 5) is 21.6. The normalized spacial score (nSPS) is 11.4. The lowest BCUT2D eigenvalue weighted by atomic mass is 10.2. The number of benzene rings is 1. The third-order valence-electron chi connectivity index (χ3n) is 4.65. The molecule has 8 nitrogen and oxygen atoms in total. The average molecular weight is 482 g/mol. The van der Waals surface area contributed by atoms with Gasteiger partial charge in [-0.15, -0.1) is 0 Å². The van der Waals surface area contributed by atoms with Crippen molar-refractivity contribution in [3.05, 3.63) is 59.1 Å². The summed E-state index contributed by atoms with van der Waals surface area (Å²) in [5, 5.41) is 1.73. The summed E-state index contributed by atoms with van der Waals surface area (Å²) >= 11 is 5.03. The molecule has 0 unspecified atom stereocenters. The van der Waals surface area contributed by atoms with Crippen LogP contribution in [-0.4, -0.2) is 36.6 Å². The number of H-pyrrole nitrogens is 1. The van der Waals surface area contributed by atoms with Gasteiger partial charge in [-0.05, 0) is 51.5 Å². The molecule has 1 aromatic carbocycles. The van der Waals surface area contributed by atoms with Crippen LogP contribution in [0, 0.1) is 0 Å². The van der Waals surface area contributed by atoms with Crippen LogP contribution < -0.4 is 10.5 Å². The lowest BCUT2D eigenvalue weighted by Crippen LogP contribution is -1.99. The van der Waals surface area contributed by atoms with Crippen LogP contribution in [0.3, 0.4) is 0 Å². The number of halogens is 1. The molecule has 10 heteroatoms. The van der Waals surface area contributed by atoms with Crippen LogP contribution in [0.4, 0.5) is 5.82 Å². The van der Waals surface area contributed by atoms with Crippen molar-refractivity contribution in [1.82, 2.24) is 29.5 Å². The Bertz CT molecular complexity index is 1360. The molecule has 150 valence electrons. The fourth-order valence-electron chi connectivity index (χ4n) is 3.22. The van der Waals surface area contributed by atoms with Gasteiger partial charge < -0.3 is 20.0 Å². The van der Waals surface area contributed by atoms with Gasteiger partial charge in [0, 0.05) is 33.7 Å². The molecule has 0 spiro atoms. The Balaban J connectivity index is 1.53. The number of nitrogen functional groups attached to an aromatic ring is 1. The molecular weight excluding hydrogens is 466 g/mol. The van der Waals surface area contributed by atoms with Crippen LogP contribution in [0.2, 0.25) is 0 Å². The van der Waals surface area contributed by atoms with Gasteiger partial charge in [0.15, 0.2) is 22.1 Å². The van der Waals surface area contributed by atoms with Crippen molar-refractivity contribution < 1.29 is 4.74 Å². The summed E-state index contributed by atoms with van der Waals surface area (Å²) in [7, 11) is 1.66. The molecule has 30 heavy (non-hydrogen) atoms. The summed E-state index contributed by atoms with van der Waals surface area (Å²) < 4.78 is 8.29. The van der Waals surface area contributed by atoms with Gasteiger partial charge >= 0.3 is 0 Å². The van der Waals surface area contributed by atoms with E-state index in [-0.39, 0.29) is 0 Å². The van der Waals surface area contributed by atoms with Gasteiger partial charge in [0.2, 0.25) is 0 Å². The van der Waals surface area contributed by atoms with Gasteiger partial charge in [-0.3, -0.25) is 0 Å². The number of imidazole rings is 1. The Morgan fingerprint density at radius 2 is 2.03 bits per heavy atom. The van der Waals surface area contributed by atoms with Crippen LogP contribution in [-0.2, 0) is 6.54 Å². The predicted octanol–water partition coefficient (Wildman–Crippen LogP) is 4.26. The maximum Gasteiger partial charge on any atom is 0.172 e. The zero-order valence-electron chi connectivity index (χ0n) is 15.8. The molecule has 0 aliphatic rings. The highest BCUT2D eigenvalue weighted by Gasteiger charge is 2.15. The van der Waals surface area contributed by atoms with E-state index in [2.05, 4.69) is 69.8 Å². The number of aromatic amines is 1. The van der Waals surface area contributed by atoms with E-state index in [9.17, 15) is 0 Å². The second-order valence-electron chi connectivity index (χ2n) is 6.59. The second kappa shape index (κ2) is 7.62. The predicted molar refractivity (Wildman–Crippen MR) is 120 cm³/mol. The number of ether oxygens (including phenoxy) is 1. The quantitative estimate of drug-likeness (QED) is 0.386. The van der Waals surface area contributed by atoms with Gasteiger partial charge in [0.25, 0.3) is 0 Å². The van der Waals surface area contributed by atoms with E-state index in [1.165, 1.54) is 18.1 Å². The molecule has 0 saturated carbocycles. The number of aromatic nitrogens is 6. The van der Waals surface area contributed by atoms with Gasteiger partial charge in [-0.25, -0.2) is 19.9 Å². The number of pyridine rings is 1. The van der Waals surface area contributed by atoms with Crippen LogP contribution in [0.15, 0.2) is 63.6 Å². The Hall–Kier alpha value is -3.11. The van der Waals surface area contributed by atoms with E-state index in [1.807, 2.05) is 12.1 Å². The summed E-state index contributed by atoms with van der Waals surface area (Å²) in [5.41, 5.74) is 9.15. The van der Waals surface area contributed by atoms with Crippen LogP contribution >= 0.6 is 27.7 Å². The fourth-order valence-corrected chi connectivity index (χ4v) is 4.49. The molecule has 0 bridgehead atoms. The van der Waals surface area contributed by atoms with Crippen molar-refractivity contribution >= 4 is 55.7 Å². The molecule has 0 aliphatic heterocycles. The first-order valence-electron chi connectivity index (χ1n) is 9.02. The van der Waals surface area contributed by atoms with Crippen LogP contribution in [0.25, 0.3) is 22.2 Å². The minimum atomic E-state index is 0.356. The second-order valence-corrected chi connectivity index (χ2v) is 8.54. The van der Waals surface area contributed by atoms with Crippen molar-refractivity contribution in [2.75, 3.05) is 12.8 Å². The minimum absolute atomic E-state index is 0.356. The topological polar surface area (TPSA) is 108 Å². The molecule has 5 rings (SSSR count). The average Bonchev–Trinajstić information content (AvgIpc) is 3.31. The van der Waals surface area contributed by atoms with Crippen molar-refractivity contribution in [2.24, 2.45) is 0 Å². The summed E-state index contributed by atoms with van der Waals surface area (Å²) in [6.07, 6.45) is 5.31. The number of nitrogens with two attached hydrogens (primary N) is 1. The van der Waals surface area contributed by atoms with Crippen LogP contribution in [0.5, 0.6) is 5.75 Å². The molecule has 5 aromatic rings. The van der Waals surface area contributed by atoms with E-state index in [0.29, 0.717) is 28.7 Å². The first-order valence-corrected chi connectivity index (χ1v) is 10.6. The zero-order chi connectivity index (χ0) is 20.7. The number of fused-ring (bicyclic) bond motifs is 2. The van der Waals surface area contributed by atoms with E-state index in [0.717, 1.165) is 31.7 Å². The summed E-state index contributed by atoms with van der Waals surface area (Å²) in [5.74, 6) is 1.19. The van der Waals surface area contributed by atoms with Gasteiger partial charge in [-0.1, -0.05) is 12.1 Å². The number of rotatable bonds is 5. The highest BCUT2D eigenvalue weighted by molar-refractivity contribution is 9.10. The van der Waals surface area contributed by atoms with E-state index >= 15 is 0 Å². The first-order chi connectivity index (χ1) is 14.6. The summed E-state index contributed by atoms with van der Waals surface area (Å²) in [6.45, 7) is 0.689. The highest BCUT2D eigenvalue weighted by atomic mass is 79.9. The largest absolute Gasteiger partial charge is 0.497 e. The number of nitrogens with one attached hydrogen (secondary N) is 1. The molecular formula is C20H16BrN7OS. The van der Waals surface area contributed by atoms with Crippen molar-refractivity contribution in [3.63, 3.8) is 0 Å². The van der Waals surface area contributed by atoms with Crippen molar-refractivity contribution in [2.45, 2.75) is 16.6 Å². The Morgan fingerprint density at radius 1 is 1.20 bits per heavy atom. The van der Waals surface area contributed by atoms with E-state index in [1.54, 1.807) is 13.3 Å². The standard InChI is InChI=1S/C20H16BrN7OS/c1-29-13-4-2-11(3-5-13)8-28-9-15(14-6-12(21)7-23-19(14)28)30-20-26-16-17(22)24-10-25-18(16)27-20/h2-7,9-10H,8H2,1H3,(H3,22,24,25,26,27). The molecule has 3 N–H and O–H groups in total. The molecule has 0 amide bonds. The highest BCUT2D eigenvalue weighted by Crippen LogP contribution is 2.35. The monoisotopic (exact) mass is 481 g/mol. The number of hydrogen-bond acceptors (Lipinski definition) is 7. The molecule has 4 aromatic heterocycles. The zero-order valence-corrected chi connectivity index (χ0v) is 18.2. The molecule has 0 saturated heterocycles. The fraction of sp³-hybridized carbons (Fsp3) is 0.100. The number of nitrogens with zero attached hydrogens (tertiary/aromatic N) is 5. The number of hydrogen-bond donors (Lipinski definition) is 2. The lowest BCUT2D eigenvalue weighted by molar-refractivity contribution is 0.414. The third-order valence-corrected chi connectivity index (χ3v) is 6.02. The Kier molecular flexibility index (Phi) is 4.80. The number of anilines is 1. The first kappa shape index (κ1) is 18.9. The van der Waals surface area contributed by atoms with Gasteiger partial charge in [0.05, 0.1) is 7.11 Å². The van der Waals surface area contributed by atoms with Gasteiger partial charge in [-0.2, -0.15) is 0 Å². The van der Waals surface area contributed by atoms with Crippen molar-refractivity contribution in [3.8, 4) is 5.75 Å². The molecule has 0 atom stereocenters. The van der Waals surface area contributed by atoms with Gasteiger partial charge in [0.1, 0.15) is 17.7 Å². The Morgan fingerprint density at radius 3 is 2.80 bits per heavy atom. The maximum atomic E-state index is 5.91. The minimum Gasteiger partial charge on any atom is -0.497 e.